The molecule has 0 saturated carbocycles. The molecule has 6 heterocycles. The maximum absolute atomic E-state index is 14.3. The minimum absolute atomic E-state index is 0.0291. The molecule has 6 aliphatic heterocycles. The minimum atomic E-state index is -1.94. The molecule has 1 aliphatic carbocycles. The molecule has 7 aliphatic rings. The molecule has 4 saturated heterocycles. The number of ether oxygens (including phenoxy) is 10. The maximum Gasteiger partial charge on any atom is 0.316 e. The lowest BCUT2D eigenvalue weighted by molar-refractivity contribution is -0.318. The van der Waals surface area contributed by atoms with Crippen LogP contribution in [0.15, 0.2) is 59.3 Å². The first-order valence-corrected chi connectivity index (χ1v) is 22.7. The highest BCUT2D eigenvalue weighted by Crippen LogP contribution is 2.46. The van der Waals surface area contributed by atoms with Gasteiger partial charge in [0.2, 0.25) is 0 Å². The van der Waals surface area contributed by atoms with Crippen molar-refractivity contribution in [1.82, 2.24) is 0 Å². The van der Waals surface area contributed by atoms with E-state index in [1.807, 2.05) is 39.0 Å². The second kappa shape index (κ2) is 19.5. The first-order chi connectivity index (χ1) is 29.5. The van der Waals surface area contributed by atoms with E-state index >= 15 is 0 Å². The number of carbonyl (C=O) groups excluding carboxylic acids is 2. The Morgan fingerprint density at radius 2 is 1.61 bits per heavy atom. The molecule has 19 atom stereocenters. The fraction of sp³-hybridized carbons (Fsp3) is 0.750. The average molecular weight is 871 g/mol. The molecule has 62 heavy (non-hydrogen) atoms. The average Bonchev–Trinajstić information content (AvgIpc) is 3.58. The smallest absolute Gasteiger partial charge is 0.316 e. The van der Waals surface area contributed by atoms with Gasteiger partial charge in [0, 0.05) is 51.7 Å². The third-order valence-electron chi connectivity index (χ3n) is 14.3. The van der Waals surface area contributed by atoms with Gasteiger partial charge in [0.05, 0.1) is 49.3 Å². The van der Waals surface area contributed by atoms with Crippen LogP contribution in [0.5, 0.6) is 0 Å². The molecule has 0 unspecified atom stereocenters. The number of aliphatic hydroxyl groups excluding tert-OH is 1. The second-order valence-corrected chi connectivity index (χ2v) is 18.8. The second-order valence-electron chi connectivity index (χ2n) is 18.8. The van der Waals surface area contributed by atoms with Crippen molar-refractivity contribution in [1.29, 1.82) is 0 Å². The van der Waals surface area contributed by atoms with Gasteiger partial charge >= 0.3 is 5.97 Å². The van der Waals surface area contributed by atoms with Crippen LogP contribution in [-0.2, 0) is 57.0 Å². The van der Waals surface area contributed by atoms with Crippen LogP contribution in [0.1, 0.15) is 93.9 Å². The van der Waals surface area contributed by atoms with Crippen LogP contribution in [0, 0.1) is 23.7 Å². The van der Waals surface area contributed by atoms with Gasteiger partial charge in [0.25, 0.3) is 0 Å². The van der Waals surface area contributed by atoms with E-state index in [0.29, 0.717) is 36.8 Å². The predicted molar refractivity (Wildman–Crippen MR) is 226 cm³/mol. The number of Topliss-reactive ketones (excluding diaryl/α,β-unsaturated/α-hetero) is 1. The van der Waals surface area contributed by atoms with Gasteiger partial charge in [-0.25, -0.2) is 0 Å². The largest absolute Gasteiger partial charge is 0.462 e. The standard InChI is InChI=1S/C48H70O14/c1-11-25(2)43-28(5)17-18-47(62-43)23-34-20-33(61-47)16-15-27(4)42(26(3)13-12-14-32-24-55-45-40(49)29(6)19-35(46(51)58-34)48(32,45)52)59-39-22-37(54-10)44(31(8)57-39)60-38-21-36(53-9)41(50)30(7)56-38/h12-15,17-19,25-26,28,30-31,33-39,41-45,50,52H,11,16,20-24H2,1-10H3/b13-12+,27-15+,32-14+/t25-,26-,28-,30-,31-,33+,34-,35-,36-,37-,38-,39-,41-,42-,43+,44-,45+,47+,48+/m0/s1. The lowest BCUT2D eigenvalue weighted by atomic mass is 9.71. The van der Waals surface area contributed by atoms with Crippen molar-refractivity contribution in [2.45, 2.75) is 185 Å². The summed E-state index contributed by atoms with van der Waals surface area (Å²) in [5, 5.41) is 23.0. The van der Waals surface area contributed by atoms with Gasteiger partial charge in [0.1, 0.15) is 29.8 Å². The molecule has 4 fully saturated rings. The zero-order chi connectivity index (χ0) is 44.7. The van der Waals surface area contributed by atoms with E-state index in [2.05, 4.69) is 32.9 Å². The van der Waals surface area contributed by atoms with E-state index in [4.69, 9.17) is 47.4 Å². The van der Waals surface area contributed by atoms with Crippen LogP contribution in [-0.4, -0.2) is 134 Å². The van der Waals surface area contributed by atoms with Gasteiger partial charge in [-0.05, 0) is 62.8 Å². The summed E-state index contributed by atoms with van der Waals surface area (Å²) in [6, 6.07) is 0. The molecule has 2 bridgehead atoms. The molecule has 0 aromatic rings. The number of hydrogen-bond donors (Lipinski definition) is 2. The normalized spacial score (nSPS) is 48.0. The monoisotopic (exact) mass is 870 g/mol. The Morgan fingerprint density at radius 1 is 0.903 bits per heavy atom. The van der Waals surface area contributed by atoms with Gasteiger partial charge < -0.3 is 57.6 Å². The molecule has 7 rings (SSSR count). The summed E-state index contributed by atoms with van der Waals surface area (Å²) in [5.41, 5.74) is -0.233. The lowest BCUT2D eigenvalue weighted by Gasteiger charge is -2.48. The minimum Gasteiger partial charge on any atom is -0.462 e. The molecule has 14 heteroatoms. The highest BCUT2D eigenvalue weighted by atomic mass is 16.7. The summed E-state index contributed by atoms with van der Waals surface area (Å²) in [5.74, 6) is -3.08. The van der Waals surface area contributed by atoms with Crippen molar-refractivity contribution in [2.75, 3.05) is 20.8 Å². The zero-order valence-corrected chi connectivity index (χ0v) is 38.1. The Labute approximate surface area is 366 Å². The fourth-order valence-corrected chi connectivity index (χ4v) is 10.4. The van der Waals surface area contributed by atoms with Gasteiger partial charge in [-0.15, -0.1) is 0 Å². The van der Waals surface area contributed by atoms with Gasteiger partial charge in [-0.3, -0.25) is 9.59 Å². The van der Waals surface area contributed by atoms with E-state index in [1.54, 1.807) is 34.1 Å². The number of methoxy groups -OCH3 is 2. The predicted octanol–water partition coefficient (Wildman–Crippen LogP) is 5.59. The Kier molecular flexibility index (Phi) is 14.9. The zero-order valence-electron chi connectivity index (χ0n) is 38.1. The van der Waals surface area contributed by atoms with E-state index < -0.39 is 96.9 Å². The third kappa shape index (κ3) is 9.53. The summed E-state index contributed by atoms with van der Waals surface area (Å²) in [6.45, 7) is 15.9. The number of allylic oxidation sites excluding steroid dienone is 2. The van der Waals surface area contributed by atoms with E-state index in [1.165, 1.54) is 6.08 Å². The van der Waals surface area contributed by atoms with Crippen molar-refractivity contribution in [3.05, 3.63) is 59.3 Å². The Bertz CT molecular complexity index is 1770. The van der Waals surface area contributed by atoms with Crippen LogP contribution in [0.3, 0.4) is 0 Å². The molecular formula is C48H70O14. The highest BCUT2D eigenvalue weighted by molar-refractivity contribution is 6.03. The molecule has 346 valence electrons. The topological polar surface area (TPSA) is 167 Å². The van der Waals surface area contributed by atoms with E-state index in [-0.39, 0.29) is 42.7 Å². The van der Waals surface area contributed by atoms with Crippen molar-refractivity contribution in [3.63, 3.8) is 0 Å². The van der Waals surface area contributed by atoms with Crippen molar-refractivity contribution >= 4 is 11.8 Å². The Hall–Kier alpha value is -2.60. The molecule has 0 aromatic heterocycles. The number of rotatable bonds is 8. The summed E-state index contributed by atoms with van der Waals surface area (Å²) < 4.78 is 63.5. The number of hydrogen-bond acceptors (Lipinski definition) is 14. The van der Waals surface area contributed by atoms with Crippen LogP contribution in [0.4, 0.5) is 0 Å². The lowest BCUT2D eigenvalue weighted by Crippen LogP contribution is -2.57. The highest BCUT2D eigenvalue weighted by Gasteiger charge is 2.60. The van der Waals surface area contributed by atoms with Crippen LogP contribution in [0.2, 0.25) is 0 Å². The van der Waals surface area contributed by atoms with Crippen LogP contribution in [0.25, 0.3) is 0 Å². The number of fused-ring (bicyclic) bond motifs is 2. The first kappa shape index (κ1) is 47.4. The van der Waals surface area contributed by atoms with Gasteiger partial charge in [-0.1, -0.05) is 70.6 Å². The van der Waals surface area contributed by atoms with E-state index in [0.717, 1.165) is 12.0 Å². The molecule has 14 nitrogen and oxygen atoms in total. The van der Waals surface area contributed by atoms with Crippen molar-refractivity contribution < 1.29 is 67.2 Å². The number of carbonyl (C=O) groups is 2. The molecular weight excluding hydrogens is 801 g/mol. The van der Waals surface area contributed by atoms with Gasteiger partial charge in [-0.2, -0.15) is 0 Å². The molecule has 1 spiro atoms. The SMILES string of the molecule is CC[C@H](C)[C@H]1O[C@]2(C=C[C@@H]1C)C[C@@H]1C[C@@H](C/C=C(\C)[C@@H](O[C@H]3C[C@H](OC)[C@@H](O[C@H]4C[C@H](OC)[C@@H](O)[C@H](C)O4)[C@H](C)O3)[C@@H](C)/C=C/C=C3\CO[C@@H]4C(=O)C(C)=C[C@@H](C(=O)O1)[C@]34O)O2. The summed E-state index contributed by atoms with van der Waals surface area (Å²) in [6.07, 6.45) is 9.06. The Morgan fingerprint density at radius 3 is 2.34 bits per heavy atom. The molecule has 2 N–H and O–H groups in total. The molecule has 0 radical (unpaired) electrons. The third-order valence-corrected chi connectivity index (χ3v) is 14.3. The van der Waals surface area contributed by atoms with Crippen molar-refractivity contribution in [2.24, 2.45) is 23.7 Å². The summed E-state index contributed by atoms with van der Waals surface area (Å²) >= 11 is 0. The van der Waals surface area contributed by atoms with E-state index in [9.17, 15) is 19.8 Å². The first-order valence-electron chi connectivity index (χ1n) is 22.7. The number of esters is 1. The van der Waals surface area contributed by atoms with Gasteiger partial charge in [0.15, 0.2) is 30.3 Å². The number of aliphatic hydroxyl groups is 2. The Balaban J connectivity index is 1.18. The molecule has 0 aromatic carbocycles. The quantitative estimate of drug-likeness (QED) is 0.229. The number of ketones is 1. The summed E-state index contributed by atoms with van der Waals surface area (Å²) in [4.78, 5) is 27.7. The van der Waals surface area contributed by atoms with Crippen LogP contribution >= 0.6 is 0 Å². The van der Waals surface area contributed by atoms with Crippen molar-refractivity contribution in [3.8, 4) is 0 Å². The molecule has 0 amide bonds. The fourth-order valence-electron chi connectivity index (χ4n) is 10.4. The summed E-state index contributed by atoms with van der Waals surface area (Å²) in [7, 11) is 3.21. The van der Waals surface area contributed by atoms with Crippen LogP contribution < -0.4 is 0 Å². The maximum atomic E-state index is 14.3.